The Morgan fingerprint density at radius 3 is 2.14 bits per heavy atom. The number of benzene rings is 4. The molecule has 1 heteroatoms. The lowest BCUT2D eigenvalue weighted by Crippen LogP contribution is -2.21. The van der Waals surface area contributed by atoms with Gasteiger partial charge in [0.1, 0.15) is 0 Å². The maximum Gasteiger partial charge on any atom is 0.0464 e. The summed E-state index contributed by atoms with van der Waals surface area (Å²) in [7, 11) is 0. The van der Waals surface area contributed by atoms with Crippen LogP contribution in [0.4, 0.5) is 5.69 Å². The van der Waals surface area contributed by atoms with Gasteiger partial charge in [0.25, 0.3) is 0 Å². The van der Waals surface area contributed by atoms with Crippen molar-refractivity contribution in [1.82, 2.24) is 0 Å². The Morgan fingerprint density at radius 1 is 0.784 bits per heavy atom. The molecule has 4 aromatic carbocycles. The Bertz CT molecular complexity index is 1610. The molecule has 182 valence electrons. The second-order valence-corrected chi connectivity index (χ2v) is 10.0. The van der Waals surface area contributed by atoms with Gasteiger partial charge < -0.3 is 4.90 Å². The van der Waals surface area contributed by atoms with Gasteiger partial charge in [-0.25, -0.2) is 0 Å². The Kier molecular flexibility index (Phi) is 6.31. The summed E-state index contributed by atoms with van der Waals surface area (Å²) in [6, 6.07) is 28.9. The number of anilines is 1. The van der Waals surface area contributed by atoms with E-state index in [0.29, 0.717) is 0 Å². The van der Waals surface area contributed by atoms with Gasteiger partial charge in [0.2, 0.25) is 0 Å². The van der Waals surface area contributed by atoms with E-state index in [4.69, 9.17) is 0 Å². The monoisotopic (exact) mass is 479 g/mol. The molecule has 5 rings (SSSR count). The van der Waals surface area contributed by atoms with Gasteiger partial charge in [0.15, 0.2) is 0 Å². The van der Waals surface area contributed by atoms with Crippen LogP contribution in [0.3, 0.4) is 0 Å². The molecule has 1 aliphatic carbocycles. The lowest BCUT2D eigenvalue weighted by Gasteiger charge is -2.29. The van der Waals surface area contributed by atoms with Crippen molar-refractivity contribution in [2.45, 2.75) is 26.2 Å². The molecule has 0 amide bonds. The summed E-state index contributed by atoms with van der Waals surface area (Å²) in [6.07, 6.45) is 9.62. The van der Waals surface area contributed by atoms with E-state index in [1.807, 2.05) is 31.2 Å². The van der Waals surface area contributed by atoms with Crippen molar-refractivity contribution in [3.05, 3.63) is 152 Å². The first-order chi connectivity index (χ1) is 17.9. The van der Waals surface area contributed by atoms with Crippen molar-refractivity contribution in [2.75, 3.05) is 4.90 Å². The van der Waals surface area contributed by atoms with E-state index < -0.39 is 0 Å². The largest absolute Gasteiger partial charge is 0.311 e. The third-order valence-electron chi connectivity index (χ3n) is 7.40. The first kappa shape index (κ1) is 24.3. The fourth-order valence-electron chi connectivity index (χ4n) is 5.52. The normalized spacial score (nSPS) is 13.9. The van der Waals surface area contributed by atoms with Crippen LogP contribution in [0.1, 0.15) is 31.9 Å². The molecule has 37 heavy (non-hydrogen) atoms. The van der Waals surface area contributed by atoms with Crippen LogP contribution in [0.25, 0.3) is 33.0 Å². The summed E-state index contributed by atoms with van der Waals surface area (Å²) in [5.74, 6) is 0. The highest BCUT2D eigenvalue weighted by molar-refractivity contribution is 5.89. The van der Waals surface area contributed by atoms with Gasteiger partial charge in [-0.3, -0.25) is 0 Å². The molecule has 0 atom stereocenters. The van der Waals surface area contributed by atoms with Crippen molar-refractivity contribution >= 4 is 16.5 Å². The molecule has 0 saturated heterocycles. The SMILES string of the molecule is C=C/C=C(\C=C)N(C(=C)/C=C\C)c1ccc2c(c1)C(C)(C)c1cc(-c3ccc4ccccc4c3)ccc1-2. The highest BCUT2D eigenvalue weighted by Gasteiger charge is 2.36. The van der Waals surface area contributed by atoms with E-state index in [-0.39, 0.29) is 5.41 Å². The average molecular weight is 480 g/mol. The molecule has 0 unspecified atom stereocenters. The van der Waals surface area contributed by atoms with E-state index in [1.54, 1.807) is 6.08 Å². The minimum atomic E-state index is -0.141. The molecule has 0 spiro atoms. The number of hydrogen-bond donors (Lipinski definition) is 0. The van der Waals surface area contributed by atoms with Crippen molar-refractivity contribution in [1.29, 1.82) is 0 Å². The Labute approximate surface area is 221 Å². The zero-order valence-corrected chi connectivity index (χ0v) is 22.0. The number of hydrogen-bond acceptors (Lipinski definition) is 1. The predicted octanol–water partition coefficient (Wildman–Crippen LogP) is 9.97. The van der Waals surface area contributed by atoms with Crippen LogP contribution in [-0.2, 0) is 5.41 Å². The molecule has 0 fully saturated rings. The predicted molar refractivity (Wildman–Crippen MR) is 162 cm³/mol. The van der Waals surface area contributed by atoms with Gasteiger partial charge in [-0.15, -0.1) is 0 Å². The second kappa shape index (κ2) is 9.59. The van der Waals surface area contributed by atoms with Crippen LogP contribution in [0.5, 0.6) is 0 Å². The number of allylic oxidation sites excluding steroid dienone is 5. The zero-order valence-electron chi connectivity index (χ0n) is 22.0. The van der Waals surface area contributed by atoms with E-state index in [0.717, 1.165) is 17.1 Å². The summed E-state index contributed by atoms with van der Waals surface area (Å²) in [6.45, 7) is 18.9. The van der Waals surface area contributed by atoms with Crippen molar-refractivity contribution < 1.29 is 0 Å². The molecular weight excluding hydrogens is 446 g/mol. The first-order valence-electron chi connectivity index (χ1n) is 12.7. The molecule has 1 aliphatic rings. The van der Waals surface area contributed by atoms with Crippen LogP contribution < -0.4 is 4.90 Å². The van der Waals surface area contributed by atoms with Gasteiger partial charge in [-0.1, -0.05) is 100 Å². The van der Waals surface area contributed by atoms with Gasteiger partial charge >= 0.3 is 0 Å². The second-order valence-electron chi connectivity index (χ2n) is 10.0. The molecule has 0 saturated carbocycles. The summed E-state index contributed by atoms with van der Waals surface area (Å²) in [4.78, 5) is 2.13. The summed E-state index contributed by atoms with van der Waals surface area (Å²) in [5, 5.41) is 2.53. The number of fused-ring (bicyclic) bond motifs is 4. The van der Waals surface area contributed by atoms with Crippen LogP contribution >= 0.6 is 0 Å². The first-order valence-corrected chi connectivity index (χ1v) is 12.7. The quantitative estimate of drug-likeness (QED) is 0.238. The molecule has 0 aliphatic heterocycles. The molecule has 0 radical (unpaired) electrons. The van der Waals surface area contributed by atoms with Crippen LogP contribution in [0.15, 0.2) is 140 Å². The lowest BCUT2D eigenvalue weighted by atomic mass is 9.81. The molecule has 4 aromatic rings. The molecule has 0 N–H and O–H groups in total. The number of nitrogens with zero attached hydrogens (tertiary/aromatic N) is 1. The summed E-state index contributed by atoms with van der Waals surface area (Å²) < 4.78 is 0. The van der Waals surface area contributed by atoms with E-state index in [9.17, 15) is 0 Å². The minimum absolute atomic E-state index is 0.141. The third kappa shape index (κ3) is 4.17. The zero-order chi connectivity index (χ0) is 26.2. The minimum Gasteiger partial charge on any atom is -0.311 e. The van der Waals surface area contributed by atoms with Crippen molar-refractivity contribution in [2.24, 2.45) is 0 Å². The molecule has 0 heterocycles. The van der Waals surface area contributed by atoms with Crippen molar-refractivity contribution in [3.63, 3.8) is 0 Å². The standard InChI is InChI=1S/C36H33N/c1-7-12-25(4)37(30(9-3)13-8-2)31-19-21-33-32-20-18-29(23-34(32)36(5,6)35(33)24-31)28-17-16-26-14-10-11-15-27(26)22-28/h7-24H,2-4H2,1,5-6H3/b12-7-,30-13+. The molecular formula is C36H33N. The fraction of sp³-hybridized carbons (Fsp3) is 0.111. The van der Waals surface area contributed by atoms with Gasteiger partial charge in [0, 0.05) is 22.5 Å². The van der Waals surface area contributed by atoms with Crippen LogP contribution in [0, 0.1) is 0 Å². The van der Waals surface area contributed by atoms with Crippen molar-refractivity contribution in [3.8, 4) is 22.3 Å². The maximum atomic E-state index is 4.32. The molecule has 1 nitrogen and oxygen atoms in total. The van der Waals surface area contributed by atoms with E-state index in [1.165, 1.54) is 44.2 Å². The lowest BCUT2D eigenvalue weighted by molar-refractivity contribution is 0.660. The molecule has 0 bridgehead atoms. The van der Waals surface area contributed by atoms with Crippen LogP contribution in [-0.4, -0.2) is 0 Å². The Morgan fingerprint density at radius 2 is 1.43 bits per heavy atom. The maximum absolute atomic E-state index is 4.32. The third-order valence-corrected chi connectivity index (χ3v) is 7.40. The fourth-order valence-corrected chi connectivity index (χ4v) is 5.52. The average Bonchev–Trinajstić information content (AvgIpc) is 3.14. The summed E-state index contributed by atoms with van der Waals surface area (Å²) in [5.41, 5.74) is 10.5. The topological polar surface area (TPSA) is 3.24 Å². The highest BCUT2D eigenvalue weighted by atomic mass is 15.1. The van der Waals surface area contributed by atoms with E-state index >= 15 is 0 Å². The Balaban J connectivity index is 1.60. The van der Waals surface area contributed by atoms with Gasteiger partial charge in [-0.2, -0.15) is 0 Å². The molecule has 0 aromatic heterocycles. The number of rotatable bonds is 7. The van der Waals surface area contributed by atoms with Gasteiger partial charge in [-0.05, 0) is 93.6 Å². The smallest absolute Gasteiger partial charge is 0.0464 e. The summed E-state index contributed by atoms with van der Waals surface area (Å²) >= 11 is 0. The Hall–Kier alpha value is -4.36. The van der Waals surface area contributed by atoms with E-state index in [2.05, 4.69) is 117 Å². The van der Waals surface area contributed by atoms with Crippen LogP contribution in [0.2, 0.25) is 0 Å². The van der Waals surface area contributed by atoms with Gasteiger partial charge in [0.05, 0.1) is 0 Å². The highest BCUT2D eigenvalue weighted by Crippen LogP contribution is 2.51.